The van der Waals surface area contributed by atoms with Crippen LogP contribution in [0.5, 0.6) is 0 Å². The van der Waals surface area contributed by atoms with Crippen molar-refractivity contribution in [1.29, 1.82) is 0 Å². The normalized spacial score (nSPS) is 12.7. The number of pyridine rings is 2. The second-order valence-electron chi connectivity index (χ2n) is 14.8. The predicted octanol–water partition coefficient (Wildman–Crippen LogP) is 16.1. The van der Waals surface area contributed by atoms with Crippen LogP contribution in [0.25, 0.3) is 43.1 Å². The lowest BCUT2D eigenvalue weighted by atomic mass is 9.95. The number of fused-ring (bicyclic) bond motifs is 4. The molecule has 7 aromatic carbocycles. The van der Waals surface area contributed by atoms with Gasteiger partial charge in [-0.25, -0.2) is 0 Å². The average molecular weight is 887 g/mol. The zero-order chi connectivity index (χ0) is 45.3. The van der Waals surface area contributed by atoms with Crippen LogP contribution in [0, 0.1) is 0 Å². The van der Waals surface area contributed by atoms with Gasteiger partial charge < -0.3 is 9.80 Å². The Morgan fingerprint density at radius 1 is 0.312 bits per heavy atom. The number of halogens is 12. The molecule has 322 valence electrons. The van der Waals surface area contributed by atoms with Gasteiger partial charge in [0.2, 0.25) is 0 Å². The Labute approximate surface area is 354 Å². The molecule has 9 rings (SSSR count). The summed E-state index contributed by atoms with van der Waals surface area (Å²) in [5, 5.41) is 0.996. The number of benzene rings is 7. The van der Waals surface area contributed by atoms with Gasteiger partial charge in [0, 0.05) is 45.3 Å². The maximum atomic E-state index is 14.0. The van der Waals surface area contributed by atoms with E-state index in [0.717, 1.165) is 48.5 Å². The van der Waals surface area contributed by atoms with Gasteiger partial charge in [-0.05, 0) is 131 Å². The molecule has 16 heteroatoms. The second kappa shape index (κ2) is 15.2. The minimum atomic E-state index is -4.77. The van der Waals surface area contributed by atoms with Crippen molar-refractivity contribution in [3.8, 4) is 0 Å². The third kappa shape index (κ3) is 7.73. The van der Waals surface area contributed by atoms with E-state index in [2.05, 4.69) is 9.97 Å². The predicted molar refractivity (Wildman–Crippen MR) is 221 cm³/mol. The Hall–Kier alpha value is -7.36. The van der Waals surface area contributed by atoms with Crippen LogP contribution in [0.3, 0.4) is 0 Å². The molecular formula is C48H26F12N4. The van der Waals surface area contributed by atoms with Crippen molar-refractivity contribution in [2.45, 2.75) is 24.7 Å². The van der Waals surface area contributed by atoms with Crippen molar-refractivity contribution in [1.82, 2.24) is 9.97 Å². The molecule has 0 aliphatic rings. The smallest absolute Gasteiger partial charge is 0.308 e. The summed E-state index contributed by atoms with van der Waals surface area (Å²) < 4.78 is 168. The molecule has 0 saturated heterocycles. The van der Waals surface area contributed by atoms with Gasteiger partial charge in [0.05, 0.1) is 57.4 Å². The number of rotatable bonds is 6. The maximum Gasteiger partial charge on any atom is 0.416 e. The van der Waals surface area contributed by atoms with E-state index in [-0.39, 0.29) is 54.5 Å². The highest BCUT2D eigenvalue weighted by molar-refractivity contribution is 6.16. The first-order valence-corrected chi connectivity index (χ1v) is 19.1. The van der Waals surface area contributed by atoms with Crippen LogP contribution in [-0.2, 0) is 24.7 Å². The van der Waals surface area contributed by atoms with E-state index in [4.69, 9.17) is 0 Å². The molecule has 0 atom stereocenters. The van der Waals surface area contributed by atoms with Gasteiger partial charge >= 0.3 is 24.7 Å². The molecule has 0 amide bonds. The van der Waals surface area contributed by atoms with Crippen molar-refractivity contribution in [3.63, 3.8) is 0 Å². The van der Waals surface area contributed by atoms with E-state index in [1.54, 1.807) is 58.3 Å². The average Bonchev–Trinajstić information content (AvgIpc) is 3.25. The van der Waals surface area contributed by atoms with Crippen molar-refractivity contribution >= 4 is 77.2 Å². The maximum absolute atomic E-state index is 14.0. The standard InChI is InChI=1S/C48H26F12N4/c49-45(50,51)31-5-13-39-27(21-31)19-28-22-32(46(52,53)54)6-14-40(28)43(39)63(37-3-1-17-61-25-37)35-9-11-36(12-10-35)64(38-4-2-18-62-26-38)44-41-15-7-33(47(55,56)57)23-29(41)20-30-24-34(48(58,59)60)8-16-42(30)44/h1-26H. The van der Waals surface area contributed by atoms with Crippen LogP contribution in [-0.4, -0.2) is 9.97 Å². The number of anilines is 6. The summed E-state index contributed by atoms with van der Waals surface area (Å²) in [6, 6.07) is 27.4. The molecule has 0 fully saturated rings. The number of nitrogens with zero attached hydrogens (tertiary/aromatic N) is 4. The molecule has 9 aromatic rings. The Balaban J connectivity index is 1.29. The highest BCUT2D eigenvalue weighted by Gasteiger charge is 2.35. The van der Waals surface area contributed by atoms with Crippen LogP contribution in [0.2, 0.25) is 0 Å². The molecule has 2 aromatic heterocycles. The van der Waals surface area contributed by atoms with Crippen LogP contribution < -0.4 is 9.80 Å². The quantitative estimate of drug-likeness (QED) is 0.123. The van der Waals surface area contributed by atoms with Crippen LogP contribution >= 0.6 is 0 Å². The third-order valence-electron chi connectivity index (χ3n) is 10.8. The number of aromatic nitrogens is 2. The minimum absolute atomic E-state index is 0.00453. The topological polar surface area (TPSA) is 32.3 Å². The monoisotopic (exact) mass is 886 g/mol. The van der Waals surface area contributed by atoms with Crippen LogP contribution in [0.4, 0.5) is 86.8 Å². The zero-order valence-corrected chi connectivity index (χ0v) is 32.3. The first kappa shape index (κ1) is 42.0. The molecule has 0 spiro atoms. The zero-order valence-electron chi connectivity index (χ0n) is 32.3. The molecule has 0 radical (unpaired) electrons. The Morgan fingerprint density at radius 3 is 0.828 bits per heavy atom. The molecule has 0 aliphatic heterocycles. The summed E-state index contributed by atoms with van der Waals surface area (Å²) in [5.41, 5.74) is -2.19. The van der Waals surface area contributed by atoms with Gasteiger partial charge in [-0.1, -0.05) is 24.3 Å². The van der Waals surface area contributed by atoms with E-state index < -0.39 is 47.0 Å². The molecule has 0 saturated carbocycles. The first-order chi connectivity index (χ1) is 30.3. The third-order valence-corrected chi connectivity index (χ3v) is 10.8. The summed E-state index contributed by atoms with van der Waals surface area (Å²) in [5.74, 6) is 0. The van der Waals surface area contributed by atoms with Crippen molar-refractivity contribution < 1.29 is 52.7 Å². The second-order valence-corrected chi connectivity index (χ2v) is 14.8. The van der Waals surface area contributed by atoms with Crippen molar-refractivity contribution in [2.75, 3.05) is 9.80 Å². The molecule has 0 unspecified atom stereocenters. The van der Waals surface area contributed by atoms with Gasteiger partial charge in [-0.3, -0.25) is 9.97 Å². The lowest BCUT2D eigenvalue weighted by Crippen LogP contribution is -2.14. The highest BCUT2D eigenvalue weighted by atomic mass is 19.4. The largest absolute Gasteiger partial charge is 0.416 e. The number of alkyl halides is 12. The van der Waals surface area contributed by atoms with Gasteiger partial charge in [-0.15, -0.1) is 0 Å². The fourth-order valence-corrected chi connectivity index (χ4v) is 7.94. The summed E-state index contributed by atoms with van der Waals surface area (Å²) in [6.07, 6.45) is -13.2. The SMILES string of the molecule is FC(F)(F)c1ccc2c(N(c3ccc(N(c4cccnc4)c4c5ccc(C(F)(F)F)cc5cc5cc(C(F)(F)F)ccc45)cc3)c3cccnc3)c3ccc(C(F)(F)F)cc3cc2c1. The minimum Gasteiger partial charge on any atom is -0.308 e. The molecule has 4 nitrogen and oxygen atoms in total. The van der Waals surface area contributed by atoms with E-state index in [0.29, 0.717) is 22.7 Å². The van der Waals surface area contributed by atoms with E-state index in [1.807, 2.05) is 0 Å². The molecule has 64 heavy (non-hydrogen) atoms. The summed E-state index contributed by atoms with van der Waals surface area (Å²) in [6.45, 7) is 0. The first-order valence-electron chi connectivity index (χ1n) is 19.1. The lowest BCUT2D eigenvalue weighted by Gasteiger charge is -2.31. The van der Waals surface area contributed by atoms with Gasteiger partial charge in [0.25, 0.3) is 0 Å². The van der Waals surface area contributed by atoms with E-state index in [9.17, 15) is 52.7 Å². The Morgan fingerprint density at radius 2 is 0.594 bits per heavy atom. The molecule has 2 heterocycles. The van der Waals surface area contributed by atoms with E-state index >= 15 is 0 Å². The Bertz CT molecular complexity index is 2860. The van der Waals surface area contributed by atoms with Gasteiger partial charge in [0.15, 0.2) is 0 Å². The van der Waals surface area contributed by atoms with Crippen molar-refractivity contribution in [2.24, 2.45) is 0 Å². The number of hydrogen-bond donors (Lipinski definition) is 0. The molecule has 0 N–H and O–H groups in total. The summed E-state index contributed by atoms with van der Waals surface area (Å²) in [4.78, 5) is 11.7. The fourth-order valence-electron chi connectivity index (χ4n) is 7.94. The Kier molecular flexibility index (Phi) is 9.95. The summed E-state index contributed by atoms with van der Waals surface area (Å²) in [7, 11) is 0. The van der Waals surface area contributed by atoms with E-state index in [1.165, 1.54) is 61.2 Å². The van der Waals surface area contributed by atoms with Crippen LogP contribution in [0.1, 0.15) is 22.3 Å². The van der Waals surface area contributed by atoms with Crippen LogP contribution in [0.15, 0.2) is 158 Å². The fraction of sp³-hybridized carbons (Fsp3) is 0.0833. The number of hydrogen-bond acceptors (Lipinski definition) is 4. The van der Waals surface area contributed by atoms with Gasteiger partial charge in [0.1, 0.15) is 0 Å². The van der Waals surface area contributed by atoms with Gasteiger partial charge in [-0.2, -0.15) is 52.7 Å². The molecular weight excluding hydrogens is 861 g/mol. The highest BCUT2D eigenvalue weighted by Crippen LogP contribution is 2.49. The summed E-state index contributed by atoms with van der Waals surface area (Å²) >= 11 is 0. The lowest BCUT2D eigenvalue weighted by molar-refractivity contribution is -0.138. The molecule has 0 bridgehead atoms. The molecule has 0 aliphatic carbocycles. The van der Waals surface area contributed by atoms with Crippen molar-refractivity contribution in [3.05, 3.63) is 181 Å².